The van der Waals surface area contributed by atoms with Gasteiger partial charge < -0.3 is 14.4 Å². The number of aliphatic hydroxyl groups is 1. The summed E-state index contributed by atoms with van der Waals surface area (Å²) in [4.78, 5) is 16.6. The third-order valence-electron chi connectivity index (χ3n) is 4.69. The highest BCUT2D eigenvalue weighted by atomic mass is 16.4. The van der Waals surface area contributed by atoms with Gasteiger partial charge in [-0.25, -0.2) is 0 Å². The van der Waals surface area contributed by atoms with Crippen LogP contribution < -0.4 is 0 Å². The molecule has 2 aliphatic rings. The molecule has 1 atom stereocenters. The topological polar surface area (TPSA) is 56.9 Å². The van der Waals surface area contributed by atoms with Crippen LogP contribution in [0.5, 0.6) is 0 Å². The second-order valence-electron chi connectivity index (χ2n) is 6.14. The van der Waals surface area contributed by atoms with Crippen molar-refractivity contribution in [2.45, 2.75) is 31.8 Å². The van der Waals surface area contributed by atoms with Crippen LogP contribution in [0.15, 0.2) is 22.8 Å². The van der Waals surface area contributed by atoms with Gasteiger partial charge in [0.05, 0.1) is 6.26 Å². The lowest BCUT2D eigenvalue weighted by atomic mass is 10.1. The van der Waals surface area contributed by atoms with Crippen LogP contribution in [0.3, 0.4) is 0 Å². The van der Waals surface area contributed by atoms with Crippen LogP contribution in [0.1, 0.15) is 37.5 Å². The number of nitrogens with zero attached hydrogens (tertiary/aromatic N) is 2. The molecule has 2 heterocycles. The summed E-state index contributed by atoms with van der Waals surface area (Å²) in [5.41, 5.74) is 0. The van der Waals surface area contributed by atoms with Gasteiger partial charge in [-0.05, 0) is 25.0 Å². The molecule has 0 aromatic carbocycles. The van der Waals surface area contributed by atoms with Gasteiger partial charge in [-0.1, -0.05) is 12.8 Å². The molecule has 1 aliphatic heterocycles. The van der Waals surface area contributed by atoms with Gasteiger partial charge in [-0.2, -0.15) is 0 Å². The predicted molar refractivity (Wildman–Crippen MR) is 78.6 cm³/mol. The molecule has 1 saturated carbocycles. The second kappa shape index (κ2) is 6.62. The first-order valence-corrected chi connectivity index (χ1v) is 7.96. The molecular formula is C16H24N2O3. The minimum atomic E-state index is -0.586. The van der Waals surface area contributed by atoms with Crippen molar-refractivity contribution in [3.63, 3.8) is 0 Å². The molecule has 0 spiro atoms. The number of piperazine rings is 1. The maximum absolute atomic E-state index is 12.4. The van der Waals surface area contributed by atoms with Crippen molar-refractivity contribution in [3.8, 4) is 0 Å². The lowest BCUT2D eigenvalue weighted by Gasteiger charge is -2.36. The number of hydrogen-bond donors (Lipinski definition) is 1. The molecule has 1 saturated heterocycles. The molecule has 1 aliphatic carbocycles. The van der Waals surface area contributed by atoms with Crippen molar-refractivity contribution < 1.29 is 14.3 Å². The molecule has 2 fully saturated rings. The Morgan fingerprint density at radius 1 is 1.29 bits per heavy atom. The quantitative estimate of drug-likeness (QED) is 0.917. The SMILES string of the molecule is O=C(C1CCCC1)N1CCN(CC(O)c2ccco2)CC1. The number of aliphatic hydroxyl groups excluding tert-OH is 1. The molecule has 0 radical (unpaired) electrons. The highest BCUT2D eigenvalue weighted by molar-refractivity contribution is 5.79. The van der Waals surface area contributed by atoms with Crippen molar-refractivity contribution in [3.05, 3.63) is 24.2 Å². The maximum Gasteiger partial charge on any atom is 0.225 e. The number of hydrogen-bond acceptors (Lipinski definition) is 4. The largest absolute Gasteiger partial charge is 0.467 e. The summed E-state index contributed by atoms with van der Waals surface area (Å²) < 4.78 is 5.22. The Labute approximate surface area is 125 Å². The summed E-state index contributed by atoms with van der Waals surface area (Å²) in [6.07, 6.45) is 5.53. The molecule has 21 heavy (non-hydrogen) atoms. The first-order valence-electron chi connectivity index (χ1n) is 7.96. The zero-order valence-corrected chi connectivity index (χ0v) is 12.4. The van der Waals surface area contributed by atoms with Gasteiger partial charge in [0.2, 0.25) is 5.91 Å². The fourth-order valence-electron chi connectivity index (χ4n) is 3.40. The normalized spacial score (nSPS) is 22.6. The number of β-amino-alcohol motifs (C(OH)–C–C–N with tert-alkyl or cyclic N) is 1. The fourth-order valence-corrected chi connectivity index (χ4v) is 3.40. The Kier molecular flexibility index (Phi) is 4.60. The van der Waals surface area contributed by atoms with Gasteiger partial charge in [-0.15, -0.1) is 0 Å². The van der Waals surface area contributed by atoms with Crippen LogP contribution in [-0.4, -0.2) is 53.5 Å². The second-order valence-corrected chi connectivity index (χ2v) is 6.14. The molecular weight excluding hydrogens is 268 g/mol. The van der Waals surface area contributed by atoms with E-state index in [-0.39, 0.29) is 5.92 Å². The van der Waals surface area contributed by atoms with Crippen molar-refractivity contribution in [1.82, 2.24) is 9.80 Å². The van der Waals surface area contributed by atoms with E-state index in [0.29, 0.717) is 18.2 Å². The van der Waals surface area contributed by atoms with Crippen LogP contribution >= 0.6 is 0 Å². The lowest BCUT2D eigenvalue weighted by molar-refractivity contribution is -0.137. The average molecular weight is 292 g/mol. The summed E-state index contributed by atoms with van der Waals surface area (Å²) in [7, 11) is 0. The van der Waals surface area contributed by atoms with Gasteiger partial charge in [0.25, 0.3) is 0 Å². The number of carbonyl (C=O) groups excluding carboxylic acids is 1. The summed E-state index contributed by atoms with van der Waals surface area (Å²) >= 11 is 0. The van der Waals surface area contributed by atoms with E-state index in [1.807, 2.05) is 4.90 Å². The minimum Gasteiger partial charge on any atom is -0.467 e. The minimum absolute atomic E-state index is 0.269. The Morgan fingerprint density at radius 3 is 2.62 bits per heavy atom. The lowest BCUT2D eigenvalue weighted by Crippen LogP contribution is -2.50. The van der Waals surface area contributed by atoms with Gasteiger partial charge in [-0.3, -0.25) is 9.69 Å². The third-order valence-corrected chi connectivity index (χ3v) is 4.69. The number of furan rings is 1. The van der Waals surface area contributed by atoms with Crippen molar-refractivity contribution in [1.29, 1.82) is 0 Å². The van der Waals surface area contributed by atoms with E-state index >= 15 is 0 Å². The fraction of sp³-hybridized carbons (Fsp3) is 0.688. The van der Waals surface area contributed by atoms with E-state index < -0.39 is 6.10 Å². The van der Waals surface area contributed by atoms with Crippen LogP contribution in [0.25, 0.3) is 0 Å². The third kappa shape index (κ3) is 3.47. The van der Waals surface area contributed by atoms with E-state index in [2.05, 4.69) is 4.90 Å². The smallest absolute Gasteiger partial charge is 0.225 e. The maximum atomic E-state index is 12.4. The van der Waals surface area contributed by atoms with E-state index in [9.17, 15) is 9.90 Å². The summed E-state index contributed by atoms with van der Waals surface area (Å²) in [5, 5.41) is 10.1. The van der Waals surface area contributed by atoms with Gasteiger partial charge >= 0.3 is 0 Å². The van der Waals surface area contributed by atoms with Gasteiger partial charge in [0, 0.05) is 38.6 Å². The molecule has 1 N–H and O–H groups in total. The highest BCUT2D eigenvalue weighted by Gasteiger charge is 2.29. The van der Waals surface area contributed by atoms with Gasteiger partial charge in [0.1, 0.15) is 11.9 Å². The first kappa shape index (κ1) is 14.6. The van der Waals surface area contributed by atoms with Crippen LogP contribution in [0.2, 0.25) is 0 Å². The zero-order chi connectivity index (χ0) is 14.7. The zero-order valence-electron chi connectivity index (χ0n) is 12.4. The first-order chi connectivity index (χ1) is 10.2. The van der Waals surface area contributed by atoms with Crippen molar-refractivity contribution >= 4 is 5.91 Å². The molecule has 5 heteroatoms. The number of rotatable bonds is 4. The molecule has 3 rings (SSSR count). The Bertz CT molecular complexity index is 446. The number of carbonyl (C=O) groups is 1. The van der Waals surface area contributed by atoms with Crippen LogP contribution in [-0.2, 0) is 4.79 Å². The van der Waals surface area contributed by atoms with E-state index in [1.54, 1.807) is 18.4 Å². The summed E-state index contributed by atoms with van der Waals surface area (Å²) in [6, 6.07) is 3.58. The Hall–Kier alpha value is -1.33. The monoisotopic (exact) mass is 292 g/mol. The molecule has 1 aromatic rings. The molecule has 1 unspecified atom stereocenters. The van der Waals surface area contributed by atoms with E-state index in [1.165, 1.54) is 12.8 Å². The molecule has 0 bridgehead atoms. The standard InChI is InChI=1S/C16H24N2O3/c19-14(15-6-3-11-21-15)12-17-7-9-18(10-8-17)16(20)13-4-1-2-5-13/h3,6,11,13-14,19H,1-2,4-5,7-10,12H2. The summed E-state index contributed by atoms with van der Waals surface area (Å²) in [5.74, 6) is 1.23. The summed E-state index contributed by atoms with van der Waals surface area (Å²) in [6.45, 7) is 3.78. The van der Waals surface area contributed by atoms with Crippen LogP contribution in [0, 0.1) is 5.92 Å². The van der Waals surface area contributed by atoms with Crippen molar-refractivity contribution in [2.75, 3.05) is 32.7 Å². The molecule has 5 nitrogen and oxygen atoms in total. The van der Waals surface area contributed by atoms with Gasteiger partial charge in [0.15, 0.2) is 0 Å². The van der Waals surface area contributed by atoms with Crippen molar-refractivity contribution in [2.24, 2.45) is 5.92 Å². The Morgan fingerprint density at radius 2 is 2.00 bits per heavy atom. The predicted octanol–water partition coefficient (Wildman–Crippen LogP) is 1.65. The molecule has 116 valence electrons. The average Bonchev–Trinajstić information content (AvgIpc) is 3.20. The molecule has 1 aromatic heterocycles. The van der Waals surface area contributed by atoms with E-state index in [0.717, 1.165) is 39.0 Å². The molecule has 1 amide bonds. The number of amides is 1. The van der Waals surface area contributed by atoms with E-state index in [4.69, 9.17) is 4.42 Å². The highest BCUT2D eigenvalue weighted by Crippen LogP contribution is 2.27. The van der Waals surface area contributed by atoms with Crippen LogP contribution in [0.4, 0.5) is 0 Å². The Balaban J connectivity index is 1.45.